The molecule has 11 atom stereocenters. The SMILES string of the molecule is C[C@H]1[C@H](C)CC[C@]2(C(=O)NCCCCCCOCCOCCCCCC(=O)Nc3cccc4c3C(=O)N(C3CCC(=O)NC3=O)C4=O)CC[C@]3(C)C(=CC[C@@H]4[C@@]5(C)CC[C@H](O)C(C)(C)[C@@H]5CC[C@]43C)[C@H]12. The van der Waals surface area contributed by atoms with E-state index in [2.05, 4.69) is 70.5 Å². The Balaban J connectivity index is 0.696. The molecule has 6 amide bonds. The summed E-state index contributed by atoms with van der Waals surface area (Å²) in [5.74, 6) is 0.122. The van der Waals surface area contributed by atoms with Crippen LogP contribution in [0.4, 0.5) is 5.69 Å². The molecule has 2 aliphatic heterocycles. The maximum absolute atomic E-state index is 14.6. The van der Waals surface area contributed by atoms with Gasteiger partial charge in [0.15, 0.2) is 0 Å². The predicted octanol–water partition coefficient (Wildman–Crippen LogP) is 9.32. The van der Waals surface area contributed by atoms with Gasteiger partial charge in [-0.3, -0.25) is 39.0 Å². The number of aliphatic hydroxyl groups is 1. The molecule has 1 aromatic carbocycles. The Morgan fingerprint density at radius 1 is 0.786 bits per heavy atom. The molecule has 8 rings (SSSR count). The van der Waals surface area contributed by atoms with E-state index >= 15 is 0 Å². The number of piperidine rings is 1. The molecule has 5 aliphatic carbocycles. The normalized spacial score (nSPS) is 35.4. The number of ether oxygens (including phenoxy) is 2. The highest BCUT2D eigenvalue weighted by Gasteiger charge is 2.69. The summed E-state index contributed by atoms with van der Waals surface area (Å²) in [7, 11) is 0. The van der Waals surface area contributed by atoms with Crippen molar-refractivity contribution in [3.63, 3.8) is 0 Å². The molecular formula is C57H84N4O9. The van der Waals surface area contributed by atoms with Gasteiger partial charge in [-0.25, -0.2) is 0 Å². The number of imide groups is 2. The molecule has 70 heavy (non-hydrogen) atoms. The Hall–Kier alpha value is -3.94. The van der Waals surface area contributed by atoms with Crippen molar-refractivity contribution < 1.29 is 43.3 Å². The molecule has 0 bridgehead atoms. The van der Waals surface area contributed by atoms with Crippen molar-refractivity contribution >= 4 is 41.1 Å². The third-order valence-electron chi connectivity index (χ3n) is 20.2. The van der Waals surface area contributed by atoms with Crippen molar-refractivity contribution in [1.82, 2.24) is 15.5 Å². The smallest absolute Gasteiger partial charge is 0.264 e. The van der Waals surface area contributed by atoms with Gasteiger partial charge < -0.3 is 25.2 Å². The third kappa shape index (κ3) is 9.35. The average Bonchev–Trinajstić information content (AvgIpc) is 3.57. The molecule has 4 saturated carbocycles. The summed E-state index contributed by atoms with van der Waals surface area (Å²) in [4.78, 5) is 78.7. The summed E-state index contributed by atoms with van der Waals surface area (Å²) in [6, 6.07) is 3.59. The highest BCUT2D eigenvalue weighted by atomic mass is 16.5. The van der Waals surface area contributed by atoms with E-state index in [1.165, 1.54) is 18.9 Å². The second kappa shape index (κ2) is 20.9. The number of nitrogens with one attached hydrogen (secondary N) is 3. The number of carbonyl (C=O) groups excluding carboxylic acids is 6. The van der Waals surface area contributed by atoms with Gasteiger partial charge in [-0.15, -0.1) is 0 Å². The van der Waals surface area contributed by atoms with Crippen LogP contribution in [0.1, 0.15) is 191 Å². The molecule has 0 spiro atoms. The van der Waals surface area contributed by atoms with Crippen molar-refractivity contribution in [3.05, 3.63) is 41.0 Å². The van der Waals surface area contributed by atoms with Crippen molar-refractivity contribution in [2.24, 2.45) is 56.7 Å². The fourth-order valence-electron chi connectivity index (χ4n) is 15.7. The Bertz CT molecular complexity index is 2210. The highest BCUT2D eigenvalue weighted by molar-refractivity contribution is 6.26. The Labute approximate surface area is 417 Å². The lowest BCUT2D eigenvalue weighted by Gasteiger charge is -2.71. The molecule has 2 heterocycles. The number of aliphatic hydroxyl groups excluding tert-OH is 1. The van der Waals surface area contributed by atoms with Crippen LogP contribution in [0.25, 0.3) is 0 Å². The van der Waals surface area contributed by atoms with Crippen molar-refractivity contribution in [2.75, 3.05) is 38.3 Å². The summed E-state index contributed by atoms with van der Waals surface area (Å²) >= 11 is 0. The average molecular weight is 969 g/mol. The number of benzene rings is 1. The molecule has 386 valence electrons. The molecule has 1 unspecified atom stereocenters. The lowest BCUT2D eigenvalue weighted by Crippen LogP contribution is -2.66. The van der Waals surface area contributed by atoms with Crippen LogP contribution >= 0.6 is 0 Å². The molecular weight excluding hydrogens is 885 g/mol. The van der Waals surface area contributed by atoms with Gasteiger partial charge in [-0.05, 0) is 153 Å². The van der Waals surface area contributed by atoms with E-state index in [-0.39, 0.29) is 75.2 Å². The number of amides is 6. The van der Waals surface area contributed by atoms with Crippen LogP contribution in [0.2, 0.25) is 0 Å². The van der Waals surface area contributed by atoms with E-state index in [4.69, 9.17) is 9.47 Å². The molecule has 7 aliphatic rings. The number of unbranched alkanes of at least 4 members (excludes halogenated alkanes) is 5. The fraction of sp³-hybridized carbons (Fsp3) is 0.754. The minimum absolute atomic E-state index is 0.0335. The maximum Gasteiger partial charge on any atom is 0.264 e. The zero-order chi connectivity index (χ0) is 50.2. The molecule has 1 saturated heterocycles. The minimum atomic E-state index is -1.07. The van der Waals surface area contributed by atoms with Crippen LogP contribution in [0.15, 0.2) is 29.8 Å². The van der Waals surface area contributed by atoms with Crippen molar-refractivity contribution in [1.29, 1.82) is 0 Å². The monoisotopic (exact) mass is 969 g/mol. The molecule has 4 N–H and O–H groups in total. The van der Waals surface area contributed by atoms with Gasteiger partial charge >= 0.3 is 0 Å². The second-order valence-corrected chi connectivity index (χ2v) is 24.1. The number of rotatable bonds is 19. The van der Waals surface area contributed by atoms with E-state index in [9.17, 15) is 33.9 Å². The van der Waals surface area contributed by atoms with Crippen molar-refractivity contribution in [2.45, 2.75) is 183 Å². The summed E-state index contributed by atoms with van der Waals surface area (Å²) in [6.45, 7) is 20.3. The summed E-state index contributed by atoms with van der Waals surface area (Å²) in [6.07, 6.45) is 18.7. The van der Waals surface area contributed by atoms with Crippen LogP contribution in [0.5, 0.6) is 0 Å². The van der Waals surface area contributed by atoms with Gasteiger partial charge in [-0.2, -0.15) is 0 Å². The summed E-state index contributed by atoms with van der Waals surface area (Å²) < 4.78 is 11.6. The van der Waals surface area contributed by atoms with Gasteiger partial charge in [0, 0.05) is 32.6 Å². The maximum atomic E-state index is 14.6. The highest BCUT2D eigenvalue weighted by Crippen LogP contribution is 2.75. The third-order valence-corrected chi connectivity index (χ3v) is 20.2. The van der Waals surface area contributed by atoms with E-state index in [0.29, 0.717) is 68.3 Å². The quantitative estimate of drug-likeness (QED) is 0.0597. The lowest BCUT2D eigenvalue weighted by molar-refractivity contribution is -0.204. The number of hydrogen-bond donors (Lipinski definition) is 4. The number of allylic oxidation sites excluding steroid dienone is 2. The van der Waals surface area contributed by atoms with Gasteiger partial charge in [0.2, 0.25) is 23.6 Å². The van der Waals surface area contributed by atoms with Crippen LogP contribution in [0.3, 0.4) is 0 Å². The first-order valence-corrected chi connectivity index (χ1v) is 27.3. The number of anilines is 1. The largest absolute Gasteiger partial charge is 0.393 e. The van der Waals surface area contributed by atoms with Gasteiger partial charge in [0.05, 0.1) is 41.5 Å². The van der Waals surface area contributed by atoms with Gasteiger partial charge in [0.1, 0.15) is 6.04 Å². The van der Waals surface area contributed by atoms with E-state index in [1.807, 2.05) is 0 Å². The summed E-state index contributed by atoms with van der Waals surface area (Å²) in [5, 5.41) is 19.6. The van der Waals surface area contributed by atoms with Crippen LogP contribution in [-0.4, -0.2) is 90.6 Å². The number of fused-ring (bicyclic) bond motifs is 8. The Morgan fingerprint density at radius 3 is 2.23 bits per heavy atom. The first-order chi connectivity index (χ1) is 33.3. The van der Waals surface area contributed by atoms with E-state index in [1.54, 1.807) is 17.7 Å². The molecule has 0 radical (unpaired) electrons. The summed E-state index contributed by atoms with van der Waals surface area (Å²) in [5.41, 5.74) is 2.13. The van der Waals surface area contributed by atoms with Crippen LogP contribution < -0.4 is 16.0 Å². The zero-order valence-corrected chi connectivity index (χ0v) is 43.5. The van der Waals surface area contributed by atoms with Crippen LogP contribution in [0, 0.1) is 56.7 Å². The Kier molecular flexibility index (Phi) is 15.6. The molecule has 13 nitrogen and oxygen atoms in total. The zero-order valence-electron chi connectivity index (χ0n) is 43.5. The number of carbonyl (C=O) groups is 6. The first kappa shape index (κ1) is 52.4. The molecule has 1 aromatic rings. The fourth-order valence-corrected chi connectivity index (χ4v) is 15.7. The van der Waals surface area contributed by atoms with Crippen molar-refractivity contribution in [3.8, 4) is 0 Å². The first-order valence-electron chi connectivity index (χ1n) is 27.3. The van der Waals surface area contributed by atoms with E-state index in [0.717, 1.165) is 94.9 Å². The Morgan fingerprint density at radius 2 is 1.50 bits per heavy atom. The lowest BCUT2D eigenvalue weighted by atomic mass is 9.33. The van der Waals surface area contributed by atoms with Gasteiger partial charge in [-0.1, -0.05) is 85.4 Å². The van der Waals surface area contributed by atoms with Gasteiger partial charge in [0.25, 0.3) is 11.8 Å². The minimum Gasteiger partial charge on any atom is -0.393 e. The van der Waals surface area contributed by atoms with Crippen LogP contribution in [-0.2, 0) is 28.7 Å². The van der Waals surface area contributed by atoms with E-state index < -0.39 is 29.7 Å². The topological polar surface area (TPSA) is 180 Å². The molecule has 0 aromatic heterocycles. The number of nitrogens with zero attached hydrogens (tertiary/aromatic N) is 1. The second-order valence-electron chi connectivity index (χ2n) is 24.1. The molecule has 13 heteroatoms. The predicted molar refractivity (Wildman–Crippen MR) is 268 cm³/mol. The standard InChI is InChI=1S/C57H84N4O9/c1-36-23-28-57(30-29-55(6)39(48(57)37(36)2)19-21-43-54(5)26-25-44(62)53(3,4)42(54)24-27-56(43,55)7)52(68)58-31-12-8-9-13-32-69-34-35-70-33-14-10-11-18-45(63)59-40-17-15-16-38-47(40)51(67)61(50(38)66)41-20-22-46(64)60-49(41)65/h15-17,19,36-37,41-44,48,62H,8-14,18,20-35H2,1-7H3,(H,58,68)(H,59,63)(H,60,64,65)/t36-,37+,41?,42+,43-,44+,48+,54+,55-,56-,57+/m1/s1. The number of hydrogen-bond acceptors (Lipinski definition) is 9. The molecule has 5 fully saturated rings.